The van der Waals surface area contributed by atoms with Crippen molar-refractivity contribution in [1.29, 1.82) is 0 Å². The number of carbonyl (C=O) groups is 1. The van der Waals surface area contributed by atoms with Crippen LogP contribution in [0.1, 0.15) is 29.3 Å². The van der Waals surface area contributed by atoms with E-state index in [1.54, 1.807) is 14.0 Å². The molecule has 0 aromatic heterocycles. The Morgan fingerprint density at radius 3 is 2.88 bits per heavy atom. The first-order valence-electron chi connectivity index (χ1n) is 6.07. The van der Waals surface area contributed by atoms with Crippen LogP contribution in [-0.4, -0.2) is 26.0 Å². The second kappa shape index (κ2) is 3.57. The zero-order valence-corrected chi connectivity index (χ0v) is 10.2. The summed E-state index contributed by atoms with van der Waals surface area (Å²) < 4.78 is 5.23. The van der Waals surface area contributed by atoms with E-state index in [2.05, 4.69) is 11.4 Å². The molecule has 1 aliphatic carbocycles. The van der Waals surface area contributed by atoms with Crippen LogP contribution in [0.3, 0.4) is 0 Å². The average Bonchev–Trinajstić information content (AvgIpc) is 2.91. The minimum atomic E-state index is 0.0725. The Morgan fingerprint density at radius 2 is 2.35 bits per heavy atom. The lowest BCUT2D eigenvalue weighted by molar-refractivity contribution is 0.101. The molecule has 2 fully saturated rings. The van der Waals surface area contributed by atoms with Gasteiger partial charge in [-0.05, 0) is 43.5 Å². The third-order valence-corrected chi connectivity index (χ3v) is 4.22. The Morgan fingerprint density at radius 1 is 1.53 bits per heavy atom. The highest BCUT2D eigenvalue weighted by Gasteiger charge is 2.58. The maximum absolute atomic E-state index is 11.6. The number of methoxy groups -OCH3 is 1. The molecule has 1 saturated heterocycles. The Balaban J connectivity index is 2.02. The predicted octanol–water partition coefficient (Wildman–Crippen LogP) is 1.76. The summed E-state index contributed by atoms with van der Waals surface area (Å²) in [5, 5.41) is 3.42. The van der Waals surface area contributed by atoms with Gasteiger partial charge in [0.05, 0.1) is 12.7 Å². The van der Waals surface area contributed by atoms with Gasteiger partial charge in [-0.15, -0.1) is 0 Å². The molecule has 3 nitrogen and oxygen atoms in total. The molecule has 3 heteroatoms. The number of ether oxygens (including phenoxy) is 1. The highest BCUT2D eigenvalue weighted by Crippen LogP contribution is 2.56. The molecule has 2 aliphatic rings. The third-order valence-electron chi connectivity index (χ3n) is 4.22. The molecular formula is C14H17NO2. The molecule has 0 amide bonds. The van der Waals surface area contributed by atoms with E-state index in [1.165, 1.54) is 12.0 Å². The standard InChI is InChI=1S/C14H17NO2/c1-9(16)12-5-10(3-4-13(12)17-2)14-6-11(14)7-15-8-14/h3-5,11,15H,6-8H2,1-2H3/t11-,14?/m0/s1. The summed E-state index contributed by atoms with van der Waals surface area (Å²) in [6.07, 6.45) is 1.25. The van der Waals surface area contributed by atoms with Crippen molar-refractivity contribution in [3.05, 3.63) is 29.3 Å². The first kappa shape index (κ1) is 10.8. The van der Waals surface area contributed by atoms with E-state index in [1.807, 2.05) is 12.1 Å². The van der Waals surface area contributed by atoms with Gasteiger partial charge in [0.25, 0.3) is 0 Å². The van der Waals surface area contributed by atoms with Crippen molar-refractivity contribution in [1.82, 2.24) is 5.32 Å². The molecule has 1 N–H and O–H groups in total. The van der Waals surface area contributed by atoms with Crippen LogP contribution in [0, 0.1) is 5.92 Å². The van der Waals surface area contributed by atoms with E-state index in [0.717, 1.165) is 19.0 Å². The first-order chi connectivity index (χ1) is 8.17. The van der Waals surface area contributed by atoms with Crippen LogP contribution in [-0.2, 0) is 5.41 Å². The zero-order valence-electron chi connectivity index (χ0n) is 10.2. The topological polar surface area (TPSA) is 38.3 Å². The fourth-order valence-electron chi connectivity index (χ4n) is 3.08. The lowest BCUT2D eigenvalue weighted by atomic mass is 9.92. The molecule has 2 atom stereocenters. The summed E-state index contributed by atoms with van der Waals surface area (Å²) in [6, 6.07) is 6.06. The summed E-state index contributed by atoms with van der Waals surface area (Å²) in [4.78, 5) is 11.6. The molecule has 0 radical (unpaired) electrons. The first-order valence-corrected chi connectivity index (χ1v) is 6.07. The summed E-state index contributed by atoms with van der Waals surface area (Å²) in [7, 11) is 1.61. The maximum atomic E-state index is 11.6. The summed E-state index contributed by atoms with van der Waals surface area (Å²) in [5.41, 5.74) is 2.30. The highest BCUT2D eigenvalue weighted by molar-refractivity contribution is 5.97. The number of carbonyl (C=O) groups excluding carboxylic acids is 1. The monoisotopic (exact) mass is 231 g/mol. The number of ketones is 1. The Bertz CT molecular complexity index is 483. The molecule has 90 valence electrons. The average molecular weight is 231 g/mol. The van der Waals surface area contributed by atoms with Crippen molar-refractivity contribution in [3.8, 4) is 5.75 Å². The maximum Gasteiger partial charge on any atom is 0.163 e. The fourth-order valence-corrected chi connectivity index (χ4v) is 3.08. The minimum Gasteiger partial charge on any atom is -0.496 e. The van der Waals surface area contributed by atoms with Gasteiger partial charge in [-0.2, -0.15) is 0 Å². The normalized spacial score (nSPS) is 29.9. The molecule has 3 rings (SSSR count). The van der Waals surface area contributed by atoms with Gasteiger partial charge < -0.3 is 10.1 Å². The molecule has 1 heterocycles. The fraction of sp³-hybridized carbons (Fsp3) is 0.500. The number of fused-ring (bicyclic) bond motifs is 1. The van der Waals surface area contributed by atoms with Crippen LogP contribution < -0.4 is 10.1 Å². The number of nitrogens with one attached hydrogen (secondary N) is 1. The van der Waals surface area contributed by atoms with E-state index in [-0.39, 0.29) is 5.78 Å². The van der Waals surface area contributed by atoms with E-state index in [4.69, 9.17) is 4.74 Å². The predicted molar refractivity (Wildman–Crippen MR) is 65.7 cm³/mol. The Hall–Kier alpha value is -1.35. The second-order valence-corrected chi connectivity index (χ2v) is 5.16. The van der Waals surface area contributed by atoms with Gasteiger partial charge in [0.15, 0.2) is 5.78 Å². The van der Waals surface area contributed by atoms with Gasteiger partial charge in [-0.3, -0.25) is 4.79 Å². The van der Waals surface area contributed by atoms with Gasteiger partial charge in [-0.1, -0.05) is 6.07 Å². The van der Waals surface area contributed by atoms with E-state index in [9.17, 15) is 4.79 Å². The highest BCUT2D eigenvalue weighted by atomic mass is 16.5. The zero-order chi connectivity index (χ0) is 12.0. The van der Waals surface area contributed by atoms with Gasteiger partial charge in [-0.25, -0.2) is 0 Å². The van der Waals surface area contributed by atoms with E-state index >= 15 is 0 Å². The van der Waals surface area contributed by atoms with Crippen molar-refractivity contribution in [2.45, 2.75) is 18.8 Å². The van der Waals surface area contributed by atoms with E-state index < -0.39 is 0 Å². The lowest BCUT2D eigenvalue weighted by Crippen LogP contribution is -2.19. The van der Waals surface area contributed by atoms with Crippen molar-refractivity contribution in [2.24, 2.45) is 5.92 Å². The molecule has 1 aliphatic heterocycles. The lowest BCUT2D eigenvalue weighted by Gasteiger charge is -2.15. The van der Waals surface area contributed by atoms with E-state index in [0.29, 0.717) is 16.7 Å². The Kier molecular flexibility index (Phi) is 2.26. The van der Waals surface area contributed by atoms with Crippen LogP contribution in [0.5, 0.6) is 5.75 Å². The number of hydrogen-bond donors (Lipinski definition) is 1. The van der Waals surface area contributed by atoms with Crippen LogP contribution in [0.4, 0.5) is 0 Å². The quantitative estimate of drug-likeness (QED) is 0.806. The van der Waals surface area contributed by atoms with Crippen LogP contribution in [0.2, 0.25) is 0 Å². The second-order valence-electron chi connectivity index (χ2n) is 5.16. The molecule has 1 saturated carbocycles. The van der Waals surface area contributed by atoms with Crippen molar-refractivity contribution >= 4 is 5.78 Å². The van der Waals surface area contributed by atoms with Gasteiger partial charge in [0.1, 0.15) is 5.75 Å². The Labute approximate surface area is 101 Å². The van der Waals surface area contributed by atoms with Crippen LogP contribution in [0.25, 0.3) is 0 Å². The van der Waals surface area contributed by atoms with Crippen LogP contribution >= 0.6 is 0 Å². The molecule has 17 heavy (non-hydrogen) atoms. The van der Waals surface area contributed by atoms with Gasteiger partial charge in [0.2, 0.25) is 0 Å². The van der Waals surface area contributed by atoms with Gasteiger partial charge in [0, 0.05) is 12.0 Å². The molecule has 1 aromatic rings. The number of rotatable bonds is 3. The van der Waals surface area contributed by atoms with Crippen molar-refractivity contribution in [2.75, 3.05) is 20.2 Å². The number of Topliss-reactive ketones (excluding diaryl/α,β-unsaturated/α-hetero) is 1. The number of benzene rings is 1. The third kappa shape index (κ3) is 1.49. The summed E-state index contributed by atoms with van der Waals surface area (Å²) in [6.45, 7) is 3.75. The summed E-state index contributed by atoms with van der Waals surface area (Å²) in [5.74, 6) is 1.51. The largest absolute Gasteiger partial charge is 0.496 e. The summed E-state index contributed by atoms with van der Waals surface area (Å²) >= 11 is 0. The molecule has 1 aromatic carbocycles. The molecule has 0 spiro atoms. The molecular weight excluding hydrogens is 214 g/mol. The van der Waals surface area contributed by atoms with Crippen molar-refractivity contribution < 1.29 is 9.53 Å². The van der Waals surface area contributed by atoms with Gasteiger partial charge >= 0.3 is 0 Å². The molecule has 1 unspecified atom stereocenters. The van der Waals surface area contributed by atoms with Crippen molar-refractivity contribution in [3.63, 3.8) is 0 Å². The number of piperidine rings is 1. The minimum absolute atomic E-state index is 0.0725. The smallest absolute Gasteiger partial charge is 0.163 e. The van der Waals surface area contributed by atoms with Crippen LogP contribution in [0.15, 0.2) is 18.2 Å². The number of hydrogen-bond acceptors (Lipinski definition) is 3. The SMILES string of the molecule is COc1ccc(C23CNC[C@@H]2C3)cc1C(C)=O. The molecule has 0 bridgehead atoms.